The average Bonchev–Trinajstić information content (AvgIpc) is 2.39. The monoisotopic (exact) mass is 244 g/mol. The highest BCUT2D eigenvalue weighted by molar-refractivity contribution is 5.86. The van der Waals surface area contributed by atoms with Gasteiger partial charge in [-0.2, -0.15) is 0 Å². The molecule has 18 heavy (non-hydrogen) atoms. The molecule has 0 heterocycles. The Morgan fingerprint density at radius 1 is 1.00 bits per heavy atom. The molecule has 0 fully saturated rings. The molecule has 1 heteroatoms. The SMILES string of the molecule is CCCCCC(C)c1cccc2c(F)cccc12. The zero-order valence-electron chi connectivity index (χ0n) is 11.2. The van der Waals surface area contributed by atoms with Crippen molar-refractivity contribution in [1.29, 1.82) is 0 Å². The third-order valence-electron chi connectivity index (χ3n) is 3.67. The van der Waals surface area contributed by atoms with Gasteiger partial charge in [-0.15, -0.1) is 0 Å². The van der Waals surface area contributed by atoms with E-state index in [0.717, 1.165) is 10.8 Å². The van der Waals surface area contributed by atoms with Crippen molar-refractivity contribution >= 4 is 10.8 Å². The molecule has 1 atom stereocenters. The van der Waals surface area contributed by atoms with Gasteiger partial charge in [-0.1, -0.05) is 63.4 Å². The maximum absolute atomic E-state index is 13.7. The van der Waals surface area contributed by atoms with Crippen LogP contribution >= 0.6 is 0 Å². The van der Waals surface area contributed by atoms with E-state index in [4.69, 9.17) is 0 Å². The molecule has 0 radical (unpaired) electrons. The zero-order valence-corrected chi connectivity index (χ0v) is 11.2. The van der Waals surface area contributed by atoms with Crippen LogP contribution in [0.5, 0.6) is 0 Å². The Balaban J connectivity index is 2.30. The summed E-state index contributed by atoms with van der Waals surface area (Å²) in [7, 11) is 0. The summed E-state index contributed by atoms with van der Waals surface area (Å²) < 4.78 is 13.7. The Bertz CT molecular complexity index is 516. The highest BCUT2D eigenvalue weighted by Gasteiger charge is 2.10. The van der Waals surface area contributed by atoms with E-state index in [0.29, 0.717) is 5.92 Å². The Kier molecular flexibility index (Phi) is 4.35. The van der Waals surface area contributed by atoms with Gasteiger partial charge >= 0.3 is 0 Å². The van der Waals surface area contributed by atoms with Crippen molar-refractivity contribution in [3.63, 3.8) is 0 Å². The second-order valence-electron chi connectivity index (χ2n) is 5.08. The number of unbranched alkanes of at least 4 members (excludes halogenated alkanes) is 2. The van der Waals surface area contributed by atoms with Crippen molar-refractivity contribution in [2.75, 3.05) is 0 Å². The number of rotatable bonds is 5. The minimum atomic E-state index is -0.116. The average molecular weight is 244 g/mol. The van der Waals surface area contributed by atoms with Crippen molar-refractivity contribution in [3.8, 4) is 0 Å². The normalized spacial score (nSPS) is 12.8. The van der Waals surface area contributed by atoms with E-state index in [-0.39, 0.29) is 5.82 Å². The van der Waals surface area contributed by atoms with Gasteiger partial charge in [0.25, 0.3) is 0 Å². The van der Waals surface area contributed by atoms with E-state index >= 15 is 0 Å². The molecule has 0 saturated heterocycles. The van der Waals surface area contributed by atoms with Crippen LogP contribution in [0.25, 0.3) is 10.8 Å². The summed E-state index contributed by atoms with van der Waals surface area (Å²) >= 11 is 0. The molecule has 0 aromatic heterocycles. The number of halogens is 1. The molecule has 1 unspecified atom stereocenters. The number of hydrogen-bond donors (Lipinski definition) is 0. The maximum Gasteiger partial charge on any atom is 0.131 e. The lowest BCUT2D eigenvalue weighted by atomic mass is 9.91. The van der Waals surface area contributed by atoms with Crippen LogP contribution in [0.15, 0.2) is 36.4 Å². The van der Waals surface area contributed by atoms with E-state index in [2.05, 4.69) is 19.9 Å². The Morgan fingerprint density at radius 3 is 2.50 bits per heavy atom. The van der Waals surface area contributed by atoms with Gasteiger partial charge in [0, 0.05) is 5.39 Å². The number of hydrogen-bond acceptors (Lipinski definition) is 0. The molecule has 0 aliphatic heterocycles. The van der Waals surface area contributed by atoms with Gasteiger partial charge in [-0.25, -0.2) is 4.39 Å². The van der Waals surface area contributed by atoms with Crippen molar-refractivity contribution in [1.82, 2.24) is 0 Å². The van der Waals surface area contributed by atoms with E-state index < -0.39 is 0 Å². The summed E-state index contributed by atoms with van der Waals surface area (Å²) in [4.78, 5) is 0. The first kappa shape index (κ1) is 13.1. The molecular formula is C17H21F. The molecule has 0 bridgehead atoms. The Morgan fingerprint density at radius 2 is 1.72 bits per heavy atom. The third-order valence-corrected chi connectivity index (χ3v) is 3.67. The fourth-order valence-corrected chi connectivity index (χ4v) is 2.58. The molecule has 0 aliphatic rings. The van der Waals surface area contributed by atoms with Crippen LogP contribution in [-0.2, 0) is 0 Å². The molecule has 2 aromatic carbocycles. The second-order valence-corrected chi connectivity index (χ2v) is 5.08. The molecular weight excluding hydrogens is 223 g/mol. The van der Waals surface area contributed by atoms with Crippen LogP contribution in [0.4, 0.5) is 4.39 Å². The van der Waals surface area contributed by atoms with Crippen LogP contribution < -0.4 is 0 Å². The van der Waals surface area contributed by atoms with Crippen LogP contribution in [0.3, 0.4) is 0 Å². The summed E-state index contributed by atoms with van der Waals surface area (Å²) in [6, 6.07) is 11.3. The lowest BCUT2D eigenvalue weighted by Gasteiger charge is -2.14. The lowest BCUT2D eigenvalue weighted by molar-refractivity contribution is 0.600. The van der Waals surface area contributed by atoms with Crippen LogP contribution in [0.2, 0.25) is 0 Å². The lowest BCUT2D eigenvalue weighted by Crippen LogP contribution is -1.95. The fraction of sp³-hybridized carbons (Fsp3) is 0.412. The van der Waals surface area contributed by atoms with Gasteiger partial charge in [0.15, 0.2) is 0 Å². The number of benzene rings is 2. The van der Waals surface area contributed by atoms with E-state index in [1.54, 1.807) is 6.07 Å². The van der Waals surface area contributed by atoms with Gasteiger partial charge < -0.3 is 0 Å². The predicted octanol–water partition coefficient (Wildman–Crippen LogP) is 5.66. The van der Waals surface area contributed by atoms with Gasteiger partial charge in [-0.3, -0.25) is 0 Å². The van der Waals surface area contributed by atoms with Gasteiger partial charge in [-0.05, 0) is 29.4 Å². The van der Waals surface area contributed by atoms with E-state index in [1.807, 2.05) is 18.2 Å². The summed E-state index contributed by atoms with van der Waals surface area (Å²) in [5.74, 6) is 0.386. The molecule has 0 amide bonds. The molecule has 2 aromatic rings. The van der Waals surface area contributed by atoms with E-state index in [1.165, 1.54) is 37.3 Å². The molecule has 96 valence electrons. The molecule has 0 saturated carbocycles. The van der Waals surface area contributed by atoms with Crippen LogP contribution in [0.1, 0.15) is 51.0 Å². The van der Waals surface area contributed by atoms with Crippen molar-refractivity contribution < 1.29 is 4.39 Å². The van der Waals surface area contributed by atoms with Gasteiger partial charge in [0.2, 0.25) is 0 Å². The Hall–Kier alpha value is -1.37. The molecule has 0 N–H and O–H groups in total. The highest BCUT2D eigenvalue weighted by Crippen LogP contribution is 2.30. The van der Waals surface area contributed by atoms with Crippen molar-refractivity contribution in [3.05, 3.63) is 47.8 Å². The molecule has 2 rings (SSSR count). The van der Waals surface area contributed by atoms with Crippen molar-refractivity contribution in [2.24, 2.45) is 0 Å². The molecule has 0 aliphatic carbocycles. The van der Waals surface area contributed by atoms with Crippen molar-refractivity contribution in [2.45, 2.75) is 45.4 Å². The summed E-state index contributed by atoms with van der Waals surface area (Å²) in [6.07, 6.45) is 4.97. The first-order valence-electron chi connectivity index (χ1n) is 6.91. The predicted molar refractivity (Wildman–Crippen MR) is 76.5 cm³/mol. The van der Waals surface area contributed by atoms with E-state index in [9.17, 15) is 4.39 Å². The van der Waals surface area contributed by atoms with Crippen LogP contribution in [0, 0.1) is 5.82 Å². The largest absolute Gasteiger partial charge is 0.206 e. The molecule has 0 spiro atoms. The summed E-state index contributed by atoms with van der Waals surface area (Å²) in [5, 5.41) is 1.82. The Labute approximate surface area is 109 Å². The topological polar surface area (TPSA) is 0 Å². The summed E-state index contributed by atoms with van der Waals surface area (Å²) in [6.45, 7) is 4.47. The highest BCUT2D eigenvalue weighted by atomic mass is 19.1. The van der Waals surface area contributed by atoms with Gasteiger partial charge in [0.05, 0.1) is 0 Å². The first-order chi connectivity index (χ1) is 8.74. The first-order valence-corrected chi connectivity index (χ1v) is 6.91. The quantitative estimate of drug-likeness (QED) is 0.595. The maximum atomic E-state index is 13.7. The van der Waals surface area contributed by atoms with Gasteiger partial charge in [0.1, 0.15) is 5.82 Å². The third kappa shape index (κ3) is 2.72. The number of fused-ring (bicyclic) bond motifs is 1. The fourth-order valence-electron chi connectivity index (χ4n) is 2.58. The standard InChI is InChI=1S/C17H21F/c1-3-4-5-8-13(2)14-9-6-11-16-15(14)10-7-12-17(16)18/h6-7,9-13H,3-5,8H2,1-2H3. The summed E-state index contributed by atoms with van der Waals surface area (Å²) in [5.41, 5.74) is 1.28. The zero-order chi connectivity index (χ0) is 13.0. The van der Waals surface area contributed by atoms with Crippen LogP contribution in [-0.4, -0.2) is 0 Å². The molecule has 0 nitrogen and oxygen atoms in total. The second kappa shape index (κ2) is 5.99. The smallest absolute Gasteiger partial charge is 0.131 e. The minimum absolute atomic E-state index is 0.116. The minimum Gasteiger partial charge on any atom is -0.206 e.